The van der Waals surface area contributed by atoms with Crippen molar-refractivity contribution in [3.05, 3.63) is 36.3 Å². The van der Waals surface area contributed by atoms with E-state index >= 15 is 0 Å². The highest BCUT2D eigenvalue weighted by molar-refractivity contribution is 5.67. The zero-order valence-electron chi connectivity index (χ0n) is 11.0. The van der Waals surface area contributed by atoms with Crippen molar-refractivity contribution in [2.24, 2.45) is 0 Å². The minimum atomic E-state index is -0.509. The third-order valence-electron chi connectivity index (χ3n) is 2.34. The van der Waals surface area contributed by atoms with Gasteiger partial charge in [-0.3, -0.25) is 5.01 Å². The predicted molar refractivity (Wildman–Crippen MR) is 67.2 cm³/mol. The van der Waals surface area contributed by atoms with Crippen molar-refractivity contribution < 1.29 is 9.53 Å². The molecule has 0 radical (unpaired) electrons. The summed E-state index contributed by atoms with van der Waals surface area (Å²) in [7, 11) is 1.64. The third-order valence-corrected chi connectivity index (χ3v) is 2.34. The fraction of sp³-hybridized carbons (Fsp3) is 0.417. The van der Waals surface area contributed by atoms with Crippen molar-refractivity contribution in [1.82, 2.24) is 20.7 Å². The maximum atomic E-state index is 11.9. The summed E-state index contributed by atoms with van der Waals surface area (Å²) < 4.78 is 5.29. The van der Waals surface area contributed by atoms with Gasteiger partial charge in [-0.1, -0.05) is 6.08 Å². The number of hydrazine groups is 3. The Labute approximate surface area is 107 Å². The number of ether oxygens (including phenoxy) is 1. The molecule has 1 amide bonds. The molecule has 0 fully saturated rings. The number of amides is 1. The molecular formula is C12H18N4O2. The number of nitrogens with zero attached hydrogens (tertiary/aromatic N) is 3. The fourth-order valence-electron chi connectivity index (χ4n) is 1.49. The number of fused-ring (bicyclic) bond motifs is 1. The van der Waals surface area contributed by atoms with Crippen molar-refractivity contribution in [1.29, 1.82) is 0 Å². The van der Waals surface area contributed by atoms with Crippen LogP contribution in [0.2, 0.25) is 0 Å². The van der Waals surface area contributed by atoms with Crippen LogP contribution in [0.1, 0.15) is 20.8 Å². The van der Waals surface area contributed by atoms with Crippen molar-refractivity contribution in [2.75, 3.05) is 7.05 Å². The second-order valence-electron chi connectivity index (χ2n) is 5.07. The quantitative estimate of drug-likeness (QED) is 0.768. The Kier molecular flexibility index (Phi) is 3.04. The van der Waals surface area contributed by atoms with Gasteiger partial charge in [0.25, 0.3) is 0 Å². The molecule has 0 unspecified atom stereocenters. The van der Waals surface area contributed by atoms with Gasteiger partial charge in [-0.05, 0) is 32.9 Å². The highest BCUT2D eigenvalue weighted by Gasteiger charge is 2.27. The molecule has 0 aromatic rings. The van der Waals surface area contributed by atoms with E-state index in [1.807, 2.05) is 51.4 Å². The third kappa shape index (κ3) is 2.65. The van der Waals surface area contributed by atoms with E-state index in [-0.39, 0.29) is 0 Å². The van der Waals surface area contributed by atoms with Gasteiger partial charge in [0.15, 0.2) is 0 Å². The molecule has 18 heavy (non-hydrogen) atoms. The molecule has 6 nitrogen and oxygen atoms in total. The maximum Gasteiger partial charge on any atom is 0.430 e. The van der Waals surface area contributed by atoms with Gasteiger partial charge in [-0.2, -0.15) is 5.12 Å². The lowest BCUT2D eigenvalue weighted by Gasteiger charge is -2.31. The van der Waals surface area contributed by atoms with Crippen molar-refractivity contribution in [3.8, 4) is 0 Å². The Hall–Kier alpha value is -1.95. The number of nitrogens with one attached hydrogen (secondary N) is 1. The van der Waals surface area contributed by atoms with Gasteiger partial charge >= 0.3 is 6.09 Å². The van der Waals surface area contributed by atoms with E-state index in [1.165, 1.54) is 5.01 Å². The second kappa shape index (κ2) is 4.38. The molecule has 2 rings (SSSR count). The van der Waals surface area contributed by atoms with Crippen LogP contribution in [0.15, 0.2) is 36.3 Å². The molecule has 0 aromatic carbocycles. The van der Waals surface area contributed by atoms with Crippen LogP contribution in [0.5, 0.6) is 0 Å². The van der Waals surface area contributed by atoms with E-state index in [1.54, 1.807) is 17.2 Å². The molecule has 0 bridgehead atoms. The SMILES string of the molecule is CN(C(=O)OC(C)(C)C)N1C=C2C=CC=CN2N1. The zero-order valence-corrected chi connectivity index (χ0v) is 11.0. The average Bonchev–Trinajstić information content (AvgIpc) is 2.68. The van der Waals surface area contributed by atoms with Gasteiger partial charge in [0, 0.05) is 13.2 Å². The molecular weight excluding hydrogens is 232 g/mol. The summed E-state index contributed by atoms with van der Waals surface area (Å²) in [5, 5.41) is 4.75. The van der Waals surface area contributed by atoms with Gasteiger partial charge in [0.2, 0.25) is 0 Å². The van der Waals surface area contributed by atoms with E-state index in [0.717, 1.165) is 5.70 Å². The van der Waals surface area contributed by atoms with Crippen molar-refractivity contribution in [2.45, 2.75) is 26.4 Å². The summed E-state index contributed by atoms with van der Waals surface area (Å²) in [4.78, 5) is 11.9. The van der Waals surface area contributed by atoms with Crippen LogP contribution in [0, 0.1) is 0 Å². The zero-order chi connectivity index (χ0) is 13.3. The average molecular weight is 250 g/mol. The lowest BCUT2D eigenvalue weighted by molar-refractivity contribution is -0.0509. The first-order chi connectivity index (χ1) is 8.37. The number of carbonyl (C=O) groups excluding carboxylic acids is 1. The maximum absolute atomic E-state index is 11.9. The number of carbonyl (C=O) groups is 1. The molecule has 1 N–H and O–H groups in total. The smallest absolute Gasteiger partial charge is 0.430 e. The van der Waals surface area contributed by atoms with Crippen LogP contribution in [-0.2, 0) is 4.74 Å². The van der Waals surface area contributed by atoms with Crippen LogP contribution in [-0.4, -0.2) is 33.9 Å². The van der Waals surface area contributed by atoms with Crippen molar-refractivity contribution in [3.63, 3.8) is 0 Å². The summed E-state index contributed by atoms with van der Waals surface area (Å²) in [5.41, 5.74) is 3.46. The summed E-state index contributed by atoms with van der Waals surface area (Å²) in [5.74, 6) is 0. The Morgan fingerprint density at radius 1 is 1.39 bits per heavy atom. The van der Waals surface area contributed by atoms with Crippen LogP contribution in [0.4, 0.5) is 4.79 Å². The van der Waals surface area contributed by atoms with E-state index in [9.17, 15) is 4.79 Å². The first kappa shape index (κ1) is 12.5. The standard InChI is InChI=1S/C12H18N4O2/c1-12(2,3)18-11(17)14(4)16-9-10-7-5-6-8-15(10)13-16/h5-9,13H,1-4H3. The lowest BCUT2D eigenvalue weighted by atomic mass is 10.2. The highest BCUT2D eigenvalue weighted by Crippen LogP contribution is 2.18. The number of allylic oxidation sites excluding steroid dienone is 3. The molecule has 2 aliphatic rings. The largest absolute Gasteiger partial charge is 0.442 e. The molecule has 0 atom stereocenters. The fourth-order valence-corrected chi connectivity index (χ4v) is 1.49. The van der Waals surface area contributed by atoms with Crippen LogP contribution in [0.3, 0.4) is 0 Å². The monoisotopic (exact) mass is 250 g/mol. The first-order valence-corrected chi connectivity index (χ1v) is 5.75. The molecule has 98 valence electrons. The van der Waals surface area contributed by atoms with Gasteiger partial charge in [-0.25, -0.2) is 9.80 Å². The molecule has 0 aliphatic carbocycles. The summed E-state index contributed by atoms with van der Waals surface area (Å²) >= 11 is 0. The van der Waals surface area contributed by atoms with Crippen molar-refractivity contribution >= 4 is 6.09 Å². The molecule has 0 spiro atoms. The van der Waals surface area contributed by atoms with E-state index in [2.05, 4.69) is 5.53 Å². The summed E-state index contributed by atoms with van der Waals surface area (Å²) in [6.07, 6.45) is 9.04. The lowest BCUT2D eigenvalue weighted by Crippen LogP contribution is -2.50. The normalized spacial score (nSPS) is 17.7. The molecule has 0 aromatic heterocycles. The van der Waals surface area contributed by atoms with Crippen LogP contribution in [0.25, 0.3) is 0 Å². The van der Waals surface area contributed by atoms with E-state index < -0.39 is 11.7 Å². The van der Waals surface area contributed by atoms with Gasteiger partial charge in [0.1, 0.15) is 5.60 Å². The van der Waals surface area contributed by atoms with Crippen LogP contribution < -0.4 is 5.53 Å². The summed E-state index contributed by atoms with van der Waals surface area (Å²) in [6, 6.07) is 0. The number of hydrogen-bond donors (Lipinski definition) is 1. The minimum absolute atomic E-state index is 0.417. The molecule has 0 saturated carbocycles. The minimum Gasteiger partial charge on any atom is -0.442 e. The Balaban J connectivity index is 2.01. The topological polar surface area (TPSA) is 48.1 Å². The molecule has 2 heterocycles. The van der Waals surface area contributed by atoms with Gasteiger partial charge in [0.05, 0.1) is 11.9 Å². The Morgan fingerprint density at radius 2 is 2.11 bits per heavy atom. The Bertz CT molecular complexity index is 434. The highest BCUT2D eigenvalue weighted by atomic mass is 16.6. The molecule has 6 heteroatoms. The Morgan fingerprint density at radius 3 is 2.72 bits per heavy atom. The number of hydrogen-bond acceptors (Lipinski definition) is 5. The van der Waals surface area contributed by atoms with E-state index in [4.69, 9.17) is 4.74 Å². The van der Waals surface area contributed by atoms with Crippen LogP contribution >= 0.6 is 0 Å². The number of rotatable bonds is 1. The molecule has 2 aliphatic heterocycles. The van der Waals surface area contributed by atoms with Gasteiger partial charge in [-0.15, -0.1) is 5.53 Å². The molecule has 0 saturated heterocycles. The first-order valence-electron chi connectivity index (χ1n) is 5.75. The van der Waals surface area contributed by atoms with Gasteiger partial charge < -0.3 is 4.74 Å². The summed E-state index contributed by atoms with van der Waals surface area (Å²) in [6.45, 7) is 5.51. The van der Waals surface area contributed by atoms with E-state index in [0.29, 0.717) is 0 Å². The predicted octanol–water partition coefficient (Wildman–Crippen LogP) is 1.73. The second-order valence-corrected chi connectivity index (χ2v) is 5.07.